The summed E-state index contributed by atoms with van der Waals surface area (Å²) in [5, 5.41) is 10.7. The molecule has 0 bridgehead atoms. The van der Waals surface area contributed by atoms with Gasteiger partial charge < -0.3 is 9.84 Å². The summed E-state index contributed by atoms with van der Waals surface area (Å²) in [7, 11) is 0. The van der Waals surface area contributed by atoms with E-state index in [1.54, 1.807) is 0 Å². The average Bonchev–Trinajstić information content (AvgIpc) is 2.89. The van der Waals surface area contributed by atoms with E-state index < -0.39 is 6.10 Å². The highest BCUT2D eigenvalue weighted by molar-refractivity contribution is 5.36. The minimum Gasteiger partial charge on any atom is -0.491 e. The van der Waals surface area contributed by atoms with Crippen LogP contribution >= 0.6 is 0 Å². The third-order valence-corrected chi connectivity index (χ3v) is 6.97. The highest BCUT2D eigenvalue weighted by Crippen LogP contribution is 2.30. The molecular weight excluding hydrogens is 420 g/mol. The average molecular weight is 459 g/mol. The van der Waals surface area contributed by atoms with Gasteiger partial charge in [-0.2, -0.15) is 0 Å². The van der Waals surface area contributed by atoms with E-state index in [1.165, 1.54) is 16.7 Å². The second kappa shape index (κ2) is 12.2. The van der Waals surface area contributed by atoms with Crippen LogP contribution in [0.25, 0.3) is 0 Å². The predicted octanol–water partition coefficient (Wildman–Crippen LogP) is 5.35. The summed E-state index contributed by atoms with van der Waals surface area (Å²) in [6.45, 7) is 9.20. The molecule has 1 saturated heterocycles. The zero-order valence-corrected chi connectivity index (χ0v) is 20.5. The van der Waals surface area contributed by atoms with Crippen LogP contribution in [0, 0.1) is 0 Å². The zero-order chi connectivity index (χ0) is 23.8. The molecule has 0 amide bonds. The quantitative estimate of drug-likeness (QED) is 0.444. The van der Waals surface area contributed by atoms with E-state index >= 15 is 0 Å². The van der Waals surface area contributed by atoms with Gasteiger partial charge in [0.1, 0.15) is 18.5 Å². The fourth-order valence-corrected chi connectivity index (χ4v) is 4.86. The largest absolute Gasteiger partial charge is 0.491 e. The number of ether oxygens (including phenoxy) is 1. The Bertz CT molecular complexity index is 947. The zero-order valence-electron chi connectivity index (χ0n) is 20.5. The summed E-state index contributed by atoms with van der Waals surface area (Å²) < 4.78 is 6.05. The number of benzene rings is 3. The van der Waals surface area contributed by atoms with Crippen molar-refractivity contribution in [2.45, 2.75) is 38.3 Å². The van der Waals surface area contributed by atoms with Gasteiger partial charge in [0.2, 0.25) is 0 Å². The van der Waals surface area contributed by atoms with E-state index in [4.69, 9.17) is 4.74 Å². The maximum Gasteiger partial charge on any atom is 0.122 e. The molecule has 1 fully saturated rings. The molecule has 2 atom stereocenters. The minimum atomic E-state index is -0.504. The van der Waals surface area contributed by atoms with Gasteiger partial charge in [-0.3, -0.25) is 9.80 Å². The summed E-state index contributed by atoms with van der Waals surface area (Å²) in [5.41, 5.74) is 3.88. The van der Waals surface area contributed by atoms with Crippen LogP contribution in [-0.4, -0.2) is 60.3 Å². The van der Waals surface area contributed by atoms with Crippen LogP contribution in [0.1, 0.15) is 48.9 Å². The van der Waals surface area contributed by atoms with Crippen molar-refractivity contribution in [3.8, 4) is 5.75 Å². The van der Waals surface area contributed by atoms with E-state index in [0.29, 0.717) is 19.1 Å². The third-order valence-electron chi connectivity index (χ3n) is 6.97. The van der Waals surface area contributed by atoms with Gasteiger partial charge in [-0.05, 0) is 35.1 Å². The molecule has 4 nitrogen and oxygen atoms in total. The van der Waals surface area contributed by atoms with Crippen molar-refractivity contribution in [3.63, 3.8) is 0 Å². The molecule has 1 N–H and O–H groups in total. The van der Waals surface area contributed by atoms with Crippen molar-refractivity contribution in [2.75, 3.05) is 39.3 Å². The van der Waals surface area contributed by atoms with Crippen molar-refractivity contribution < 1.29 is 9.84 Å². The molecule has 0 aromatic heterocycles. The Morgan fingerprint density at radius 1 is 0.794 bits per heavy atom. The number of piperazine rings is 1. The van der Waals surface area contributed by atoms with Crippen molar-refractivity contribution in [2.24, 2.45) is 0 Å². The lowest BCUT2D eigenvalue weighted by atomic mass is 9.96. The Kier molecular flexibility index (Phi) is 8.75. The van der Waals surface area contributed by atoms with E-state index in [9.17, 15) is 5.11 Å². The van der Waals surface area contributed by atoms with Crippen LogP contribution in [-0.2, 0) is 0 Å². The van der Waals surface area contributed by atoms with Crippen LogP contribution in [0.3, 0.4) is 0 Å². The van der Waals surface area contributed by atoms with E-state index in [1.807, 2.05) is 12.1 Å². The molecule has 34 heavy (non-hydrogen) atoms. The molecule has 1 aliphatic rings. The molecule has 1 aliphatic heterocycles. The molecular formula is C30H38N2O2. The first-order valence-electron chi connectivity index (χ1n) is 12.6. The fourth-order valence-electron chi connectivity index (χ4n) is 4.86. The first-order valence-corrected chi connectivity index (χ1v) is 12.6. The number of rotatable bonds is 10. The normalized spacial score (nSPS) is 16.9. The topological polar surface area (TPSA) is 35.9 Å². The van der Waals surface area contributed by atoms with Crippen molar-refractivity contribution in [1.82, 2.24) is 9.80 Å². The number of hydrogen-bond acceptors (Lipinski definition) is 4. The van der Waals surface area contributed by atoms with Crippen LogP contribution in [0.5, 0.6) is 5.75 Å². The van der Waals surface area contributed by atoms with Crippen molar-refractivity contribution in [1.29, 1.82) is 0 Å². The molecule has 4 rings (SSSR count). The number of aliphatic hydroxyl groups excluding tert-OH is 1. The Morgan fingerprint density at radius 2 is 1.35 bits per heavy atom. The Balaban J connectivity index is 1.32. The molecule has 0 radical (unpaired) electrons. The minimum absolute atomic E-state index is 0.259. The first-order chi connectivity index (χ1) is 16.7. The lowest BCUT2D eigenvalue weighted by Gasteiger charge is -2.40. The Hall–Kier alpha value is -2.66. The first kappa shape index (κ1) is 24.5. The molecule has 0 spiro atoms. The smallest absolute Gasteiger partial charge is 0.122 e. The number of nitrogens with zero attached hydrogens (tertiary/aromatic N) is 2. The van der Waals surface area contributed by atoms with Crippen LogP contribution < -0.4 is 4.74 Å². The van der Waals surface area contributed by atoms with Gasteiger partial charge in [0.15, 0.2) is 0 Å². The van der Waals surface area contributed by atoms with E-state index in [0.717, 1.165) is 38.3 Å². The molecule has 0 aliphatic carbocycles. The summed E-state index contributed by atoms with van der Waals surface area (Å²) in [6.07, 6.45) is 0.566. The maximum atomic E-state index is 10.7. The summed E-state index contributed by atoms with van der Waals surface area (Å²) >= 11 is 0. The summed E-state index contributed by atoms with van der Waals surface area (Å²) in [6, 6.07) is 30.0. The number of aliphatic hydroxyl groups is 1. The van der Waals surface area contributed by atoms with Crippen molar-refractivity contribution >= 4 is 0 Å². The molecule has 0 saturated carbocycles. The highest BCUT2D eigenvalue weighted by Gasteiger charge is 2.27. The fraction of sp³-hybridized carbons (Fsp3) is 0.400. The van der Waals surface area contributed by atoms with Gasteiger partial charge in [-0.15, -0.1) is 0 Å². The van der Waals surface area contributed by atoms with Gasteiger partial charge in [-0.25, -0.2) is 0 Å². The van der Waals surface area contributed by atoms with Gasteiger partial charge in [0.25, 0.3) is 0 Å². The van der Waals surface area contributed by atoms with Crippen LogP contribution in [0.2, 0.25) is 0 Å². The Labute approximate surface area is 204 Å². The van der Waals surface area contributed by atoms with Crippen LogP contribution in [0.4, 0.5) is 0 Å². The molecule has 0 unspecified atom stereocenters. The third kappa shape index (κ3) is 6.26. The lowest BCUT2D eigenvalue weighted by Crippen LogP contribution is -2.50. The molecule has 4 heteroatoms. The highest BCUT2D eigenvalue weighted by atomic mass is 16.5. The molecule has 1 heterocycles. The van der Waals surface area contributed by atoms with Crippen LogP contribution in [0.15, 0.2) is 84.9 Å². The predicted molar refractivity (Wildman–Crippen MR) is 139 cm³/mol. The molecule has 180 valence electrons. The Morgan fingerprint density at radius 3 is 1.94 bits per heavy atom. The maximum absolute atomic E-state index is 10.7. The number of para-hydroxylation sites is 1. The second-order valence-electron chi connectivity index (χ2n) is 9.37. The summed E-state index contributed by atoms with van der Waals surface area (Å²) in [5.74, 6) is 1.35. The monoisotopic (exact) mass is 458 g/mol. The lowest BCUT2D eigenvalue weighted by molar-refractivity contribution is 0.0398. The molecule has 3 aromatic rings. The van der Waals surface area contributed by atoms with Crippen molar-refractivity contribution in [3.05, 3.63) is 102 Å². The summed E-state index contributed by atoms with van der Waals surface area (Å²) in [4.78, 5) is 4.92. The molecule has 3 aromatic carbocycles. The SMILES string of the molecule is CC[C@H](C)c1ccccc1OC[C@H](O)CN1CCN(C(c2ccccc2)c2ccccc2)CC1. The van der Waals surface area contributed by atoms with Gasteiger partial charge in [0.05, 0.1) is 6.04 Å². The van der Waals surface area contributed by atoms with Gasteiger partial charge in [-0.1, -0.05) is 92.7 Å². The van der Waals surface area contributed by atoms with E-state index in [-0.39, 0.29) is 6.04 Å². The second-order valence-corrected chi connectivity index (χ2v) is 9.37. The van der Waals surface area contributed by atoms with Gasteiger partial charge in [0, 0.05) is 32.7 Å². The standard InChI is InChI=1S/C30H38N2O2/c1-3-24(2)28-16-10-11-17-29(28)34-23-27(33)22-31-18-20-32(21-19-31)30(25-12-6-4-7-13-25)26-14-8-5-9-15-26/h4-17,24,27,30,33H,3,18-23H2,1-2H3/t24-,27+/m0/s1. The van der Waals surface area contributed by atoms with E-state index in [2.05, 4.69) is 96.4 Å². The number of hydrogen-bond donors (Lipinski definition) is 1. The number of β-amino-alcohol motifs (C(OH)–C–C–N with tert-alkyl or cyclic N) is 1. The van der Waals surface area contributed by atoms with Gasteiger partial charge >= 0.3 is 0 Å².